The molecule has 0 aliphatic carbocycles. The van der Waals surface area contributed by atoms with Crippen LogP contribution in [0.15, 0.2) is 77.9 Å². The summed E-state index contributed by atoms with van der Waals surface area (Å²) in [6.45, 7) is 0.563. The number of imidazole rings is 1. The highest BCUT2D eigenvalue weighted by atomic mass is 19.1. The summed E-state index contributed by atoms with van der Waals surface area (Å²) < 4.78 is 15.7. The minimum absolute atomic E-state index is 0.0244. The van der Waals surface area contributed by atoms with Gasteiger partial charge in [-0.05, 0) is 42.0 Å². The van der Waals surface area contributed by atoms with Crippen LogP contribution in [0.1, 0.15) is 5.56 Å². The number of nitrogens with zero attached hydrogens (tertiary/aromatic N) is 3. The van der Waals surface area contributed by atoms with Gasteiger partial charge in [-0.1, -0.05) is 30.3 Å². The van der Waals surface area contributed by atoms with E-state index in [2.05, 4.69) is 15.3 Å². The molecular formula is C21H19FN6. The molecule has 0 aliphatic rings. The fraction of sp³-hybridized carbons (Fsp3) is 0.0476. The Labute approximate surface area is 161 Å². The molecule has 0 radical (unpaired) electrons. The van der Waals surface area contributed by atoms with Crippen molar-refractivity contribution in [3.05, 3.63) is 84.3 Å². The van der Waals surface area contributed by atoms with Gasteiger partial charge in [-0.15, -0.1) is 0 Å². The lowest BCUT2D eigenvalue weighted by molar-refractivity contribution is 0.628. The first-order valence-electron chi connectivity index (χ1n) is 8.75. The third-order valence-electron chi connectivity index (χ3n) is 4.28. The molecule has 0 amide bonds. The molecule has 0 saturated carbocycles. The molecule has 4 aromatic rings. The molecule has 28 heavy (non-hydrogen) atoms. The molecule has 0 fully saturated rings. The smallest absolute Gasteiger partial charge is 0.191 e. The van der Waals surface area contributed by atoms with Crippen molar-refractivity contribution < 1.29 is 4.39 Å². The Morgan fingerprint density at radius 2 is 1.86 bits per heavy atom. The van der Waals surface area contributed by atoms with Crippen molar-refractivity contribution in [2.45, 2.75) is 6.54 Å². The third kappa shape index (κ3) is 3.64. The van der Waals surface area contributed by atoms with Crippen LogP contribution in [0.3, 0.4) is 0 Å². The van der Waals surface area contributed by atoms with Gasteiger partial charge in [0.05, 0.1) is 5.69 Å². The highest BCUT2D eigenvalue weighted by molar-refractivity contribution is 5.79. The van der Waals surface area contributed by atoms with Crippen LogP contribution in [0.5, 0.6) is 0 Å². The Kier molecular flexibility index (Phi) is 4.63. The summed E-state index contributed by atoms with van der Waals surface area (Å²) in [6.07, 6.45) is 1.93. The van der Waals surface area contributed by atoms with Gasteiger partial charge in [0.1, 0.15) is 23.0 Å². The predicted octanol–water partition coefficient (Wildman–Crippen LogP) is 3.66. The molecule has 7 heteroatoms. The van der Waals surface area contributed by atoms with Crippen LogP contribution in [0.4, 0.5) is 15.9 Å². The average molecular weight is 374 g/mol. The third-order valence-corrected chi connectivity index (χ3v) is 4.28. The van der Waals surface area contributed by atoms with Crippen LogP contribution in [-0.4, -0.2) is 15.3 Å². The predicted molar refractivity (Wildman–Crippen MR) is 110 cm³/mol. The van der Waals surface area contributed by atoms with E-state index in [1.807, 2.05) is 59.1 Å². The molecule has 0 spiro atoms. The van der Waals surface area contributed by atoms with Crippen molar-refractivity contribution in [1.29, 1.82) is 0 Å². The highest BCUT2D eigenvalue weighted by Gasteiger charge is 2.14. The molecule has 2 heterocycles. The van der Waals surface area contributed by atoms with E-state index in [4.69, 9.17) is 11.5 Å². The van der Waals surface area contributed by atoms with E-state index in [0.717, 1.165) is 17.0 Å². The average Bonchev–Trinajstić information content (AvgIpc) is 3.06. The van der Waals surface area contributed by atoms with Crippen molar-refractivity contribution in [2.75, 3.05) is 5.32 Å². The molecule has 140 valence electrons. The maximum absolute atomic E-state index is 13.7. The second-order valence-electron chi connectivity index (χ2n) is 6.30. The number of fused-ring (bicyclic) bond motifs is 1. The summed E-state index contributed by atoms with van der Waals surface area (Å²) in [5.74, 6) is 0.529. The van der Waals surface area contributed by atoms with Crippen molar-refractivity contribution in [2.24, 2.45) is 16.5 Å². The molecule has 2 aromatic carbocycles. The Morgan fingerprint density at radius 1 is 1.04 bits per heavy atom. The summed E-state index contributed by atoms with van der Waals surface area (Å²) >= 11 is 0. The van der Waals surface area contributed by atoms with Gasteiger partial charge in [-0.2, -0.15) is 0 Å². The first-order valence-corrected chi connectivity index (χ1v) is 8.75. The largest absolute Gasteiger partial charge is 0.370 e. The SMILES string of the molecule is NC(N)=Nc1ccc(CNc2c(-c3cccc(F)c3)nc3ccccn23)cc1. The van der Waals surface area contributed by atoms with Crippen molar-refractivity contribution in [3.63, 3.8) is 0 Å². The Hall–Kier alpha value is -3.87. The second-order valence-corrected chi connectivity index (χ2v) is 6.30. The van der Waals surface area contributed by atoms with Gasteiger partial charge in [-0.3, -0.25) is 4.40 Å². The van der Waals surface area contributed by atoms with Crippen LogP contribution in [0.2, 0.25) is 0 Å². The number of nitrogens with one attached hydrogen (secondary N) is 1. The van der Waals surface area contributed by atoms with Crippen LogP contribution in [0.25, 0.3) is 16.9 Å². The van der Waals surface area contributed by atoms with Gasteiger partial charge < -0.3 is 16.8 Å². The Bertz CT molecular complexity index is 1140. The zero-order valence-electron chi connectivity index (χ0n) is 15.0. The summed E-state index contributed by atoms with van der Waals surface area (Å²) in [6, 6.07) is 19.8. The molecule has 0 unspecified atom stereocenters. The molecule has 0 atom stereocenters. The molecular weight excluding hydrogens is 355 g/mol. The summed E-state index contributed by atoms with van der Waals surface area (Å²) in [7, 11) is 0. The van der Waals surface area contributed by atoms with Crippen molar-refractivity contribution in [1.82, 2.24) is 9.38 Å². The lowest BCUT2D eigenvalue weighted by Gasteiger charge is -2.09. The number of hydrogen-bond acceptors (Lipinski definition) is 3. The van der Waals surface area contributed by atoms with Crippen LogP contribution in [0, 0.1) is 5.82 Å². The topological polar surface area (TPSA) is 93.7 Å². The minimum atomic E-state index is -0.296. The summed E-state index contributed by atoms with van der Waals surface area (Å²) in [4.78, 5) is 8.69. The maximum Gasteiger partial charge on any atom is 0.191 e. The van der Waals surface area contributed by atoms with E-state index < -0.39 is 0 Å². The highest BCUT2D eigenvalue weighted by Crippen LogP contribution is 2.29. The zero-order chi connectivity index (χ0) is 19.5. The molecule has 0 saturated heterocycles. The van der Waals surface area contributed by atoms with Crippen LogP contribution in [-0.2, 0) is 6.54 Å². The quantitative estimate of drug-likeness (QED) is 0.367. The number of guanidine groups is 1. The monoisotopic (exact) mass is 374 g/mol. The van der Waals surface area contributed by atoms with Gasteiger partial charge in [0.2, 0.25) is 0 Å². The number of anilines is 1. The number of halogens is 1. The number of rotatable bonds is 5. The van der Waals surface area contributed by atoms with Gasteiger partial charge in [0.15, 0.2) is 5.96 Å². The molecule has 6 nitrogen and oxygen atoms in total. The van der Waals surface area contributed by atoms with Gasteiger partial charge >= 0.3 is 0 Å². The molecule has 0 bridgehead atoms. The first-order chi connectivity index (χ1) is 13.6. The van der Waals surface area contributed by atoms with E-state index in [9.17, 15) is 4.39 Å². The number of aliphatic imine (C=N–C) groups is 1. The van der Waals surface area contributed by atoms with Crippen LogP contribution >= 0.6 is 0 Å². The van der Waals surface area contributed by atoms with E-state index in [1.165, 1.54) is 12.1 Å². The van der Waals surface area contributed by atoms with Crippen molar-refractivity contribution in [3.8, 4) is 11.3 Å². The van der Waals surface area contributed by atoms with E-state index in [0.29, 0.717) is 23.5 Å². The lowest BCUT2D eigenvalue weighted by atomic mass is 10.1. The molecule has 2 aromatic heterocycles. The molecule has 0 aliphatic heterocycles. The Morgan fingerprint density at radius 3 is 2.61 bits per heavy atom. The Balaban J connectivity index is 1.66. The number of pyridine rings is 1. The molecule has 5 N–H and O–H groups in total. The van der Waals surface area contributed by atoms with Crippen molar-refractivity contribution >= 4 is 23.1 Å². The van der Waals surface area contributed by atoms with Crippen LogP contribution < -0.4 is 16.8 Å². The number of aromatic nitrogens is 2. The first kappa shape index (κ1) is 17.5. The number of nitrogens with two attached hydrogens (primary N) is 2. The standard InChI is InChI=1S/C21H19FN6/c22-16-5-3-4-15(12-16)19-20(28-11-2-1-6-18(28)27-19)25-13-14-7-9-17(10-8-14)26-21(23)24/h1-12,25H,13H2,(H4,23,24,26). The zero-order valence-corrected chi connectivity index (χ0v) is 15.0. The van der Waals surface area contributed by atoms with Gasteiger partial charge in [0.25, 0.3) is 0 Å². The summed E-state index contributed by atoms with van der Waals surface area (Å²) in [5.41, 5.74) is 14.7. The van der Waals surface area contributed by atoms with Gasteiger partial charge in [-0.25, -0.2) is 14.4 Å². The normalized spacial score (nSPS) is 10.8. The number of hydrogen-bond donors (Lipinski definition) is 3. The van der Waals surface area contributed by atoms with E-state index >= 15 is 0 Å². The fourth-order valence-corrected chi connectivity index (χ4v) is 3.02. The van der Waals surface area contributed by atoms with E-state index in [-0.39, 0.29) is 11.8 Å². The summed E-state index contributed by atoms with van der Waals surface area (Å²) in [5, 5.41) is 3.42. The second kappa shape index (κ2) is 7.40. The minimum Gasteiger partial charge on any atom is -0.370 e. The fourth-order valence-electron chi connectivity index (χ4n) is 3.02. The number of benzene rings is 2. The molecule has 4 rings (SSSR count). The van der Waals surface area contributed by atoms with Gasteiger partial charge in [0, 0.05) is 18.3 Å². The van der Waals surface area contributed by atoms with E-state index in [1.54, 1.807) is 6.07 Å². The lowest BCUT2D eigenvalue weighted by Crippen LogP contribution is -2.21. The maximum atomic E-state index is 13.7.